The summed E-state index contributed by atoms with van der Waals surface area (Å²) in [5.41, 5.74) is -0.143. The molecule has 6 N–H and O–H groups in total. The van der Waals surface area contributed by atoms with Crippen LogP contribution in [0.4, 0.5) is 0 Å². The maximum absolute atomic E-state index is 11.5. The van der Waals surface area contributed by atoms with Gasteiger partial charge in [0.2, 0.25) is 0 Å². The van der Waals surface area contributed by atoms with Crippen molar-refractivity contribution >= 4 is 5.97 Å². The highest BCUT2D eigenvalue weighted by Gasteiger charge is 2.65. The van der Waals surface area contributed by atoms with E-state index in [1.807, 2.05) is 0 Å². The number of aliphatic hydroxyl groups excluding tert-OH is 3. The molecule has 4 saturated carbocycles. The molecule has 4 aliphatic carbocycles. The molecule has 1 saturated heterocycles. The van der Waals surface area contributed by atoms with E-state index in [0.717, 1.165) is 71.1 Å². The van der Waals surface area contributed by atoms with Crippen LogP contribution in [0.2, 0.25) is 0 Å². The lowest BCUT2D eigenvalue weighted by atomic mass is 9.43. The molecular weight excluding hydrogens is 444 g/mol. The quantitative estimate of drug-likeness (QED) is 0.355. The van der Waals surface area contributed by atoms with Crippen LogP contribution in [-0.4, -0.2) is 70.9 Å². The molecule has 11 atom stereocenters. The van der Waals surface area contributed by atoms with Crippen molar-refractivity contribution in [3.8, 4) is 0 Å². The Bertz CT molecular complexity index is 721. The Kier molecular flexibility index (Phi) is 8.54. The van der Waals surface area contributed by atoms with Crippen LogP contribution in [-0.2, 0) is 4.79 Å². The van der Waals surface area contributed by atoms with E-state index >= 15 is 0 Å². The van der Waals surface area contributed by atoms with E-state index in [2.05, 4.69) is 31.4 Å². The van der Waals surface area contributed by atoms with Crippen molar-refractivity contribution in [3.05, 3.63) is 0 Å². The molecule has 0 spiro atoms. The molecule has 202 valence electrons. The highest BCUT2D eigenvalue weighted by atomic mass is 16.4. The lowest BCUT2D eigenvalue weighted by Gasteiger charge is -2.63. The number of aliphatic carboxylic acids is 1. The van der Waals surface area contributed by atoms with Gasteiger partial charge in [-0.3, -0.25) is 4.79 Å². The van der Waals surface area contributed by atoms with Gasteiger partial charge in [0.25, 0.3) is 0 Å². The summed E-state index contributed by atoms with van der Waals surface area (Å²) in [4.78, 5) is 11.1. The van der Waals surface area contributed by atoms with E-state index in [1.165, 1.54) is 0 Å². The zero-order valence-electron chi connectivity index (χ0n) is 22.1. The second kappa shape index (κ2) is 10.9. The Hall–Kier alpha value is -0.730. The monoisotopic (exact) mass is 494 g/mol. The van der Waals surface area contributed by atoms with Crippen molar-refractivity contribution in [2.24, 2.45) is 46.3 Å². The largest absolute Gasteiger partial charge is 0.481 e. The first-order valence-corrected chi connectivity index (χ1v) is 14.3. The lowest BCUT2D eigenvalue weighted by molar-refractivity contribution is -0.207. The van der Waals surface area contributed by atoms with Crippen LogP contribution in [0, 0.1) is 46.3 Å². The van der Waals surface area contributed by atoms with Crippen molar-refractivity contribution in [1.82, 2.24) is 10.6 Å². The maximum Gasteiger partial charge on any atom is 0.303 e. The maximum atomic E-state index is 11.5. The Morgan fingerprint density at radius 1 is 0.943 bits per heavy atom. The third-order valence-corrected chi connectivity index (χ3v) is 11.3. The molecule has 0 unspecified atom stereocenters. The molecule has 35 heavy (non-hydrogen) atoms. The molecule has 0 aromatic heterocycles. The lowest BCUT2D eigenvalue weighted by Crippen LogP contribution is -2.62. The number of piperazine rings is 1. The first-order valence-electron chi connectivity index (χ1n) is 14.3. The number of fused-ring (bicyclic) bond motifs is 5. The molecule has 5 rings (SSSR count). The third-order valence-electron chi connectivity index (χ3n) is 11.3. The van der Waals surface area contributed by atoms with Crippen LogP contribution in [0.25, 0.3) is 0 Å². The van der Waals surface area contributed by atoms with Crippen LogP contribution < -0.4 is 10.6 Å². The zero-order valence-corrected chi connectivity index (χ0v) is 22.1. The molecular formula is C28H50N2O5. The minimum absolute atomic E-state index is 0.0957. The van der Waals surface area contributed by atoms with Gasteiger partial charge in [-0.25, -0.2) is 0 Å². The van der Waals surface area contributed by atoms with Gasteiger partial charge < -0.3 is 31.1 Å². The first kappa shape index (κ1) is 27.3. The van der Waals surface area contributed by atoms with Gasteiger partial charge >= 0.3 is 5.97 Å². The molecule has 0 amide bonds. The molecule has 1 heterocycles. The fourth-order valence-electron chi connectivity index (χ4n) is 9.29. The number of hydrogen-bond donors (Lipinski definition) is 6. The van der Waals surface area contributed by atoms with E-state index < -0.39 is 12.1 Å². The number of carboxylic acids is 1. The van der Waals surface area contributed by atoms with Gasteiger partial charge in [-0.1, -0.05) is 20.8 Å². The molecule has 7 heteroatoms. The summed E-state index contributed by atoms with van der Waals surface area (Å²) in [6.07, 6.45) is 6.00. The van der Waals surface area contributed by atoms with E-state index in [0.29, 0.717) is 30.1 Å². The summed E-state index contributed by atoms with van der Waals surface area (Å²) in [7, 11) is 0. The third kappa shape index (κ3) is 5.18. The second-order valence-corrected chi connectivity index (χ2v) is 12.9. The average molecular weight is 495 g/mol. The van der Waals surface area contributed by atoms with E-state index in [1.54, 1.807) is 0 Å². The number of carboxylic acid groups (broad SMARTS) is 1. The van der Waals surface area contributed by atoms with Crippen LogP contribution in [0.5, 0.6) is 0 Å². The van der Waals surface area contributed by atoms with Crippen molar-refractivity contribution in [2.45, 2.75) is 96.9 Å². The topological polar surface area (TPSA) is 122 Å². The van der Waals surface area contributed by atoms with Gasteiger partial charge in [0.15, 0.2) is 0 Å². The Morgan fingerprint density at radius 3 is 2.20 bits per heavy atom. The van der Waals surface area contributed by atoms with Crippen molar-refractivity contribution in [1.29, 1.82) is 0 Å². The van der Waals surface area contributed by atoms with Gasteiger partial charge in [-0.15, -0.1) is 0 Å². The summed E-state index contributed by atoms with van der Waals surface area (Å²) in [6, 6.07) is 0. The summed E-state index contributed by atoms with van der Waals surface area (Å²) in [5.74, 6) is 0.997. The minimum Gasteiger partial charge on any atom is -0.481 e. The number of nitrogens with one attached hydrogen (secondary N) is 2. The molecule has 0 bridgehead atoms. The minimum atomic E-state index is -0.748. The van der Waals surface area contributed by atoms with Crippen molar-refractivity contribution in [2.75, 3.05) is 26.2 Å². The second-order valence-electron chi connectivity index (χ2n) is 12.9. The molecule has 0 radical (unpaired) electrons. The average Bonchev–Trinajstić information content (AvgIpc) is 3.19. The van der Waals surface area contributed by atoms with E-state index in [-0.39, 0.29) is 41.3 Å². The Morgan fingerprint density at radius 2 is 1.60 bits per heavy atom. The van der Waals surface area contributed by atoms with Crippen molar-refractivity contribution in [3.63, 3.8) is 0 Å². The van der Waals surface area contributed by atoms with Gasteiger partial charge in [0.05, 0.1) is 18.3 Å². The van der Waals surface area contributed by atoms with Crippen LogP contribution in [0.15, 0.2) is 0 Å². The molecule has 5 aliphatic rings. The summed E-state index contributed by atoms with van der Waals surface area (Å²) in [5, 5.41) is 48.5. The Balaban J connectivity index is 0.000000421. The summed E-state index contributed by atoms with van der Waals surface area (Å²) < 4.78 is 0. The Labute approximate surface area is 211 Å². The van der Waals surface area contributed by atoms with Crippen LogP contribution >= 0.6 is 0 Å². The summed E-state index contributed by atoms with van der Waals surface area (Å²) >= 11 is 0. The van der Waals surface area contributed by atoms with Gasteiger partial charge in [-0.2, -0.15) is 0 Å². The molecule has 5 fully saturated rings. The van der Waals surface area contributed by atoms with Crippen molar-refractivity contribution < 1.29 is 25.2 Å². The van der Waals surface area contributed by atoms with Crippen LogP contribution in [0.1, 0.15) is 78.6 Å². The molecule has 0 aromatic rings. The number of aliphatic hydroxyl groups is 3. The molecule has 1 aliphatic heterocycles. The molecule has 7 nitrogen and oxygen atoms in total. The highest BCUT2D eigenvalue weighted by Crippen LogP contribution is 2.68. The normalized spacial score (nSPS) is 47.9. The SMILES string of the molecule is C1CNCCN1.C[C@H](CCC(=O)O)[C@H]1CC[C@@H]2[C@H]3[C@@H](C[C@@H](O)[C@]21C)[C@]1(C)CC[C@H](O)C[C@@H]1C[C@@H]3O. The predicted octanol–water partition coefficient (Wildman–Crippen LogP) is 2.63. The standard InChI is InChI=1S/C24H40O5.C4H10N2/c1-13(4-7-21(28)29)16-5-6-17-22-18(12-20(27)24(16,17)3)23(2)9-8-15(25)10-14(23)11-19(22)26;1-2-6-4-3-5-1/h13-20,22,25-27H,4-12H2,1-3H3,(H,28,29);5-6H,1-4H2/t13-,14-,15+,16-,17-,18-,19+,20-,22+,23-,24+;/m1./s1. The van der Waals surface area contributed by atoms with Gasteiger partial charge in [-0.05, 0) is 97.7 Å². The van der Waals surface area contributed by atoms with E-state index in [9.17, 15) is 20.1 Å². The first-order chi connectivity index (χ1) is 16.6. The predicted molar refractivity (Wildman–Crippen MR) is 136 cm³/mol. The zero-order chi connectivity index (χ0) is 25.4. The molecule has 0 aromatic carbocycles. The fourth-order valence-corrected chi connectivity index (χ4v) is 9.29. The summed E-state index contributed by atoms with van der Waals surface area (Å²) in [6.45, 7) is 11.3. The van der Waals surface area contributed by atoms with Crippen LogP contribution in [0.3, 0.4) is 0 Å². The smallest absolute Gasteiger partial charge is 0.303 e. The fraction of sp³-hybridized carbons (Fsp3) is 0.964. The van der Waals surface area contributed by atoms with Gasteiger partial charge in [0, 0.05) is 32.6 Å². The van der Waals surface area contributed by atoms with Gasteiger partial charge in [0.1, 0.15) is 0 Å². The number of hydrogen-bond acceptors (Lipinski definition) is 6. The van der Waals surface area contributed by atoms with E-state index in [4.69, 9.17) is 5.11 Å². The highest BCUT2D eigenvalue weighted by molar-refractivity contribution is 5.66. The number of rotatable bonds is 4. The number of carbonyl (C=O) groups is 1.